The molecule has 0 bridgehead atoms. The predicted octanol–water partition coefficient (Wildman–Crippen LogP) is 4.36. The van der Waals surface area contributed by atoms with Crippen LogP contribution in [0.25, 0.3) is 11.1 Å². The van der Waals surface area contributed by atoms with Crippen molar-refractivity contribution < 1.29 is 19.0 Å². The van der Waals surface area contributed by atoms with Crippen LogP contribution in [0.2, 0.25) is 5.02 Å². The number of pyridine rings is 1. The van der Waals surface area contributed by atoms with Crippen molar-refractivity contribution in [2.75, 3.05) is 20.3 Å². The monoisotopic (exact) mass is 458 g/mol. The van der Waals surface area contributed by atoms with Crippen LogP contribution in [-0.2, 0) is 14.3 Å². The summed E-state index contributed by atoms with van der Waals surface area (Å²) in [5.74, 6) is 0.00424. The van der Waals surface area contributed by atoms with Crippen LogP contribution in [0.4, 0.5) is 0 Å². The average molecular weight is 459 g/mol. The van der Waals surface area contributed by atoms with E-state index in [2.05, 4.69) is 6.07 Å². The zero-order valence-corrected chi connectivity index (χ0v) is 19.4. The number of aromatic nitrogens is 1. The third kappa shape index (κ3) is 5.50. The molecule has 2 unspecified atom stereocenters. The van der Waals surface area contributed by atoms with Crippen molar-refractivity contribution in [3.05, 3.63) is 51.4 Å². The molecular weight excluding hydrogens is 432 g/mol. The zero-order valence-electron chi connectivity index (χ0n) is 18.7. The molecule has 1 aliphatic rings. The number of esters is 1. The van der Waals surface area contributed by atoms with Gasteiger partial charge in [0.15, 0.2) is 0 Å². The summed E-state index contributed by atoms with van der Waals surface area (Å²) in [5, 5.41) is 9.93. The van der Waals surface area contributed by atoms with Gasteiger partial charge in [-0.15, -0.1) is 0 Å². The van der Waals surface area contributed by atoms with E-state index in [-0.39, 0.29) is 5.92 Å². The van der Waals surface area contributed by atoms with Gasteiger partial charge in [-0.2, -0.15) is 5.26 Å². The molecule has 0 radical (unpaired) electrons. The Labute approximate surface area is 192 Å². The van der Waals surface area contributed by atoms with Gasteiger partial charge in [0.25, 0.3) is 5.56 Å². The normalized spacial score (nSPS) is 16.9. The number of ether oxygens (including phenoxy) is 3. The van der Waals surface area contributed by atoms with E-state index in [1.165, 1.54) is 23.9 Å². The maximum absolute atomic E-state index is 13.2. The van der Waals surface area contributed by atoms with Crippen molar-refractivity contribution in [1.29, 1.82) is 5.26 Å². The molecule has 2 aromatic rings. The van der Waals surface area contributed by atoms with Crippen LogP contribution < -0.4 is 10.3 Å². The van der Waals surface area contributed by atoms with Crippen LogP contribution in [0.3, 0.4) is 0 Å². The number of hydrogen-bond donors (Lipinski definition) is 0. The van der Waals surface area contributed by atoms with Gasteiger partial charge in [0.05, 0.1) is 24.9 Å². The van der Waals surface area contributed by atoms with Crippen molar-refractivity contribution >= 4 is 17.6 Å². The van der Waals surface area contributed by atoms with Gasteiger partial charge in [0.1, 0.15) is 17.4 Å². The Morgan fingerprint density at radius 2 is 2.09 bits per heavy atom. The third-order valence-corrected chi connectivity index (χ3v) is 5.49. The summed E-state index contributed by atoms with van der Waals surface area (Å²) >= 11 is 6.13. The van der Waals surface area contributed by atoms with Gasteiger partial charge >= 0.3 is 5.97 Å². The first kappa shape index (κ1) is 23.8. The van der Waals surface area contributed by atoms with E-state index in [9.17, 15) is 14.9 Å². The van der Waals surface area contributed by atoms with Gasteiger partial charge in [-0.05, 0) is 57.7 Å². The average Bonchev–Trinajstić information content (AvgIpc) is 3.24. The molecule has 1 saturated heterocycles. The van der Waals surface area contributed by atoms with Gasteiger partial charge in [0.2, 0.25) is 0 Å². The number of carbonyl (C=O) groups is 1. The lowest BCUT2D eigenvalue weighted by Crippen LogP contribution is -2.36. The molecule has 170 valence electrons. The standard InChI is InChI=1S/C24H27ClN2O5/c1-24(2,3)32-23(29)20(9-15-7-8-31-14-15)27-13-21(30-4)19(11-22(27)28)18-10-17(25)6-5-16(18)12-26/h5-6,10-11,13,15,20H,7-9,14H2,1-4H3. The summed E-state index contributed by atoms with van der Waals surface area (Å²) in [7, 11) is 1.47. The SMILES string of the molecule is COc1cn(C(CC2CCOC2)C(=O)OC(C)(C)C)c(=O)cc1-c1cc(Cl)ccc1C#N. The summed E-state index contributed by atoms with van der Waals surface area (Å²) in [6.45, 7) is 6.53. The number of benzene rings is 1. The Morgan fingerprint density at radius 1 is 1.34 bits per heavy atom. The van der Waals surface area contributed by atoms with E-state index in [1.54, 1.807) is 39.0 Å². The van der Waals surface area contributed by atoms with E-state index in [0.717, 1.165) is 6.42 Å². The van der Waals surface area contributed by atoms with Crippen LogP contribution in [0.1, 0.15) is 45.2 Å². The Bertz CT molecular complexity index is 1090. The van der Waals surface area contributed by atoms with Crippen molar-refractivity contribution in [2.24, 2.45) is 5.92 Å². The van der Waals surface area contributed by atoms with Crippen molar-refractivity contribution in [1.82, 2.24) is 4.57 Å². The summed E-state index contributed by atoms with van der Waals surface area (Å²) in [6.07, 6.45) is 2.74. The van der Waals surface area contributed by atoms with E-state index < -0.39 is 23.2 Å². The molecule has 1 fully saturated rings. The Kier molecular flexibility index (Phi) is 7.27. The van der Waals surface area contributed by atoms with Crippen LogP contribution >= 0.6 is 11.6 Å². The highest BCUT2D eigenvalue weighted by Gasteiger charge is 2.32. The number of nitrogens with zero attached hydrogens (tertiary/aromatic N) is 2. The van der Waals surface area contributed by atoms with Crippen molar-refractivity contribution in [3.63, 3.8) is 0 Å². The summed E-state index contributed by atoms with van der Waals surface area (Å²) in [5.41, 5.74) is 0.174. The molecule has 0 N–H and O–H groups in total. The number of nitriles is 1. The molecule has 0 aliphatic carbocycles. The second-order valence-electron chi connectivity index (χ2n) is 8.82. The zero-order chi connectivity index (χ0) is 23.5. The number of halogens is 1. The second kappa shape index (κ2) is 9.76. The first-order valence-electron chi connectivity index (χ1n) is 10.4. The van der Waals surface area contributed by atoms with E-state index >= 15 is 0 Å². The molecule has 32 heavy (non-hydrogen) atoms. The van der Waals surface area contributed by atoms with Gasteiger partial charge in [-0.25, -0.2) is 4.79 Å². The highest BCUT2D eigenvalue weighted by molar-refractivity contribution is 6.31. The lowest BCUT2D eigenvalue weighted by molar-refractivity contribution is -0.159. The summed E-state index contributed by atoms with van der Waals surface area (Å²) in [4.78, 5) is 26.3. The lowest BCUT2D eigenvalue weighted by atomic mass is 9.97. The number of rotatable bonds is 6. The van der Waals surface area contributed by atoms with Crippen LogP contribution in [0, 0.1) is 17.2 Å². The van der Waals surface area contributed by atoms with Gasteiger partial charge in [0, 0.05) is 35.4 Å². The molecule has 0 saturated carbocycles. The topological polar surface area (TPSA) is 90.5 Å². The first-order valence-corrected chi connectivity index (χ1v) is 10.8. The molecule has 0 spiro atoms. The molecule has 2 heterocycles. The minimum absolute atomic E-state index is 0.142. The van der Waals surface area contributed by atoms with Crippen LogP contribution in [0.5, 0.6) is 5.75 Å². The highest BCUT2D eigenvalue weighted by Crippen LogP contribution is 2.34. The van der Waals surface area contributed by atoms with Gasteiger partial charge in [-0.1, -0.05) is 11.6 Å². The lowest BCUT2D eigenvalue weighted by Gasteiger charge is -2.27. The van der Waals surface area contributed by atoms with Crippen molar-refractivity contribution in [3.8, 4) is 22.9 Å². The number of carbonyl (C=O) groups excluding carboxylic acids is 1. The Balaban J connectivity index is 2.10. The molecule has 7 nitrogen and oxygen atoms in total. The largest absolute Gasteiger partial charge is 0.495 e. The fourth-order valence-electron chi connectivity index (χ4n) is 3.76. The van der Waals surface area contributed by atoms with Crippen LogP contribution in [0.15, 0.2) is 35.3 Å². The Hall–Kier alpha value is -2.82. The quantitative estimate of drug-likeness (QED) is 0.597. The minimum Gasteiger partial charge on any atom is -0.495 e. The van der Waals surface area contributed by atoms with E-state index in [0.29, 0.717) is 47.1 Å². The van der Waals surface area contributed by atoms with E-state index in [4.69, 9.17) is 25.8 Å². The fraction of sp³-hybridized carbons (Fsp3) is 0.458. The smallest absolute Gasteiger partial charge is 0.329 e. The van der Waals surface area contributed by atoms with Crippen molar-refractivity contribution in [2.45, 2.75) is 45.3 Å². The van der Waals surface area contributed by atoms with Gasteiger partial charge < -0.3 is 14.2 Å². The summed E-state index contributed by atoms with van der Waals surface area (Å²) < 4.78 is 18.0. The third-order valence-electron chi connectivity index (χ3n) is 5.25. The molecule has 1 aromatic heterocycles. The number of hydrogen-bond acceptors (Lipinski definition) is 6. The summed E-state index contributed by atoms with van der Waals surface area (Å²) in [6, 6.07) is 7.47. The number of methoxy groups -OCH3 is 1. The maximum atomic E-state index is 13.2. The van der Waals surface area contributed by atoms with Crippen LogP contribution in [-0.4, -0.2) is 36.5 Å². The maximum Gasteiger partial charge on any atom is 0.329 e. The molecule has 8 heteroatoms. The van der Waals surface area contributed by atoms with E-state index in [1.807, 2.05) is 0 Å². The molecule has 3 rings (SSSR count). The molecule has 2 atom stereocenters. The molecule has 1 aliphatic heterocycles. The molecular formula is C24H27ClN2O5. The minimum atomic E-state index is -0.828. The first-order chi connectivity index (χ1) is 15.1. The Morgan fingerprint density at radius 3 is 2.69 bits per heavy atom. The fourth-order valence-corrected chi connectivity index (χ4v) is 3.93. The predicted molar refractivity (Wildman–Crippen MR) is 121 cm³/mol. The van der Waals surface area contributed by atoms with Gasteiger partial charge in [-0.3, -0.25) is 9.36 Å². The second-order valence-corrected chi connectivity index (χ2v) is 9.25. The molecule has 0 amide bonds. The highest BCUT2D eigenvalue weighted by atomic mass is 35.5. The molecule has 1 aromatic carbocycles.